The summed E-state index contributed by atoms with van der Waals surface area (Å²) in [6.45, 7) is 2.13. The zero-order valence-electron chi connectivity index (χ0n) is 7.46. The highest BCUT2D eigenvalue weighted by atomic mass is 14.6. The number of anilines is 1. The van der Waals surface area contributed by atoms with Crippen LogP contribution in [0.3, 0.4) is 0 Å². The second kappa shape index (κ2) is 4.12. The van der Waals surface area contributed by atoms with Gasteiger partial charge in [0.15, 0.2) is 0 Å². The highest BCUT2D eigenvalue weighted by molar-refractivity contribution is 5.41. The van der Waals surface area contributed by atoms with Crippen molar-refractivity contribution in [3.8, 4) is 0 Å². The van der Waals surface area contributed by atoms with E-state index in [9.17, 15) is 0 Å². The molecule has 1 rings (SSSR count). The Morgan fingerprint density at radius 3 is 2.75 bits per heavy atom. The first kappa shape index (κ1) is 9.07. The van der Waals surface area contributed by atoms with Gasteiger partial charge in [0.1, 0.15) is 0 Å². The van der Waals surface area contributed by atoms with Crippen LogP contribution in [0.1, 0.15) is 31.4 Å². The molecule has 4 N–H and O–H groups in total. The number of nitrogens with two attached hydrogens (primary N) is 2. The quantitative estimate of drug-likeness (QED) is 0.672. The molecule has 0 spiro atoms. The normalized spacial score (nSPS) is 12.8. The molecule has 0 bridgehead atoms. The van der Waals surface area contributed by atoms with Crippen molar-refractivity contribution in [2.24, 2.45) is 5.73 Å². The van der Waals surface area contributed by atoms with E-state index >= 15 is 0 Å². The summed E-state index contributed by atoms with van der Waals surface area (Å²) >= 11 is 0. The van der Waals surface area contributed by atoms with Crippen LogP contribution in [0, 0.1) is 0 Å². The Bertz CT molecular complexity index is 245. The third kappa shape index (κ3) is 2.24. The minimum atomic E-state index is 0.137. The van der Waals surface area contributed by atoms with Gasteiger partial charge in [-0.25, -0.2) is 0 Å². The first-order valence-electron chi connectivity index (χ1n) is 4.35. The van der Waals surface area contributed by atoms with Gasteiger partial charge in [0.05, 0.1) is 0 Å². The van der Waals surface area contributed by atoms with E-state index in [1.165, 1.54) is 0 Å². The second-order valence-corrected chi connectivity index (χ2v) is 3.07. The van der Waals surface area contributed by atoms with Crippen LogP contribution >= 0.6 is 0 Å². The average Bonchev–Trinajstić information content (AvgIpc) is 2.05. The number of benzene rings is 1. The Morgan fingerprint density at radius 2 is 2.17 bits per heavy atom. The topological polar surface area (TPSA) is 52.0 Å². The molecule has 0 fully saturated rings. The van der Waals surface area contributed by atoms with Gasteiger partial charge in [-0.15, -0.1) is 0 Å². The molecule has 0 radical (unpaired) electrons. The van der Waals surface area contributed by atoms with Crippen molar-refractivity contribution in [3.63, 3.8) is 0 Å². The predicted molar refractivity (Wildman–Crippen MR) is 52.7 cm³/mol. The molecule has 1 aromatic rings. The van der Waals surface area contributed by atoms with Crippen molar-refractivity contribution < 1.29 is 0 Å². The second-order valence-electron chi connectivity index (χ2n) is 3.07. The molecular weight excluding hydrogens is 148 g/mol. The number of hydrogen-bond donors (Lipinski definition) is 2. The molecule has 2 heteroatoms. The number of hydrogen-bond acceptors (Lipinski definition) is 2. The molecule has 0 aliphatic carbocycles. The third-order valence-corrected chi connectivity index (χ3v) is 1.94. The van der Waals surface area contributed by atoms with E-state index in [4.69, 9.17) is 11.5 Å². The van der Waals surface area contributed by atoms with E-state index in [0.29, 0.717) is 0 Å². The molecule has 0 aliphatic heterocycles. The van der Waals surface area contributed by atoms with Crippen molar-refractivity contribution in [1.82, 2.24) is 0 Å². The Balaban J connectivity index is 2.73. The maximum atomic E-state index is 5.92. The number of nitrogen functional groups attached to an aromatic ring is 1. The fourth-order valence-corrected chi connectivity index (χ4v) is 1.27. The lowest BCUT2D eigenvalue weighted by atomic mass is 10.0. The fraction of sp³-hybridized carbons (Fsp3) is 0.400. The van der Waals surface area contributed by atoms with Crippen LogP contribution in [0.4, 0.5) is 5.69 Å². The Kier molecular flexibility index (Phi) is 3.11. The van der Waals surface area contributed by atoms with Gasteiger partial charge in [0, 0.05) is 11.7 Å². The van der Waals surface area contributed by atoms with Crippen molar-refractivity contribution >= 4 is 5.69 Å². The summed E-state index contributed by atoms with van der Waals surface area (Å²) in [7, 11) is 0. The van der Waals surface area contributed by atoms with E-state index in [0.717, 1.165) is 24.1 Å². The minimum absolute atomic E-state index is 0.137. The smallest absolute Gasteiger partial charge is 0.0317 e. The molecule has 12 heavy (non-hydrogen) atoms. The summed E-state index contributed by atoms with van der Waals surface area (Å²) in [6.07, 6.45) is 2.12. The van der Waals surface area contributed by atoms with Gasteiger partial charge in [-0.1, -0.05) is 25.5 Å². The van der Waals surface area contributed by atoms with Crippen LogP contribution in [-0.4, -0.2) is 0 Å². The highest BCUT2D eigenvalue weighted by Gasteiger charge is 2.03. The first-order chi connectivity index (χ1) is 5.74. The van der Waals surface area contributed by atoms with Gasteiger partial charge in [-0.2, -0.15) is 0 Å². The standard InChI is InChI=1S/C10H16N2/c1-2-4-10(12)8-5-3-6-9(11)7-8/h3,5-7,10H,2,4,11-12H2,1H3. The maximum absolute atomic E-state index is 5.92. The largest absolute Gasteiger partial charge is 0.399 e. The van der Waals surface area contributed by atoms with Gasteiger partial charge >= 0.3 is 0 Å². The lowest BCUT2D eigenvalue weighted by Crippen LogP contribution is -2.09. The van der Waals surface area contributed by atoms with E-state index in [1.807, 2.05) is 24.3 Å². The van der Waals surface area contributed by atoms with Crippen LogP contribution in [0.25, 0.3) is 0 Å². The lowest BCUT2D eigenvalue weighted by molar-refractivity contribution is 0.639. The van der Waals surface area contributed by atoms with Crippen molar-refractivity contribution in [1.29, 1.82) is 0 Å². The maximum Gasteiger partial charge on any atom is 0.0317 e. The molecule has 0 heterocycles. The molecule has 1 aromatic carbocycles. The van der Waals surface area contributed by atoms with Gasteiger partial charge in [0.25, 0.3) is 0 Å². The fourth-order valence-electron chi connectivity index (χ4n) is 1.27. The molecule has 66 valence electrons. The molecule has 0 saturated heterocycles. The SMILES string of the molecule is CCCC(N)c1cccc(N)c1. The summed E-state index contributed by atoms with van der Waals surface area (Å²) in [4.78, 5) is 0. The zero-order chi connectivity index (χ0) is 8.97. The van der Waals surface area contributed by atoms with Crippen LogP contribution in [0.15, 0.2) is 24.3 Å². The third-order valence-electron chi connectivity index (χ3n) is 1.94. The van der Waals surface area contributed by atoms with E-state index in [2.05, 4.69) is 6.92 Å². The average molecular weight is 164 g/mol. The molecule has 0 aliphatic rings. The van der Waals surface area contributed by atoms with Crippen molar-refractivity contribution in [2.45, 2.75) is 25.8 Å². The highest BCUT2D eigenvalue weighted by Crippen LogP contribution is 2.17. The summed E-state index contributed by atoms with van der Waals surface area (Å²) in [5, 5.41) is 0. The van der Waals surface area contributed by atoms with E-state index in [-0.39, 0.29) is 6.04 Å². The predicted octanol–water partition coefficient (Wildman–Crippen LogP) is 2.07. The zero-order valence-corrected chi connectivity index (χ0v) is 7.46. The molecule has 1 atom stereocenters. The molecule has 0 amide bonds. The Hall–Kier alpha value is -1.02. The minimum Gasteiger partial charge on any atom is -0.399 e. The van der Waals surface area contributed by atoms with Crippen molar-refractivity contribution in [3.05, 3.63) is 29.8 Å². The van der Waals surface area contributed by atoms with Gasteiger partial charge in [-0.05, 0) is 24.1 Å². The lowest BCUT2D eigenvalue weighted by Gasteiger charge is -2.10. The van der Waals surface area contributed by atoms with Gasteiger partial charge in [-0.3, -0.25) is 0 Å². The molecule has 2 nitrogen and oxygen atoms in total. The monoisotopic (exact) mass is 164 g/mol. The number of rotatable bonds is 3. The van der Waals surface area contributed by atoms with Crippen molar-refractivity contribution in [2.75, 3.05) is 5.73 Å². The van der Waals surface area contributed by atoms with Crippen LogP contribution < -0.4 is 11.5 Å². The molecular formula is C10H16N2. The Morgan fingerprint density at radius 1 is 1.42 bits per heavy atom. The summed E-state index contributed by atoms with van der Waals surface area (Å²) < 4.78 is 0. The first-order valence-corrected chi connectivity index (χ1v) is 4.35. The summed E-state index contributed by atoms with van der Waals surface area (Å²) in [5.74, 6) is 0. The Labute approximate surface area is 73.6 Å². The summed E-state index contributed by atoms with van der Waals surface area (Å²) in [5.41, 5.74) is 13.5. The van der Waals surface area contributed by atoms with Gasteiger partial charge < -0.3 is 11.5 Å². The molecule has 0 aromatic heterocycles. The molecule has 1 unspecified atom stereocenters. The van der Waals surface area contributed by atoms with Crippen LogP contribution in [0.5, 0.6) is 0 Å². The van der Waals surface area contributed by atoms with E-state index < -0.39 is 0 Å². The van der Waals surface area contributed by atoms with E-state index in [1.54, 1.807) is 0 Å². The van der Waals surface area contributed by atoms with Gasteiger partial charge in [0.2, 0.25) is 0 Å². The van der Waals surface area contributed by atoms with Crippen LogP contribution in [-0.2, 0) is 0 Å². The van der Waals surface area contributed by atoms with Crippen LogP contribution in [0.2, 0.25) is 0 Å². The summed E-state index contributed by atoms with van der Waals surface area (Å²) in [6, 6.07) is 7.93. The molecule has 0 saturated carbocycles.